The maximum absolute atomic E-state index is 12.9. The quantitative estimate of drug-likeness (QED) is 0.791. The second-order valence-corrected chi connectivity index (χ2v) is 5.08. The van der Waals surface area contributed by atoms with Gasteiger partial charge in [-0.1, -0.05) is 12.8 Å². The van der Waals surface area contributed by atoms with Gasteiger partial charge in [0.25, 0.3) is 0 Å². The first-order valence-electron chi connectivity index (χ1n) is 6.66. The fourth-order valence-corrected chi connectivity index (χ4v) is 2.59. The molecule has 3 nitrogen and oxygen atoms in total. The molecule has 0 spiro atoms. The van der Waals surface area contributed by atoms with Gasteiger partial charge in [0.05, 0.1) is 11.4 Å². The van der Waals surface area contributed by atoms with Crippen LogP contribution in [0.4, 0.5) is 15.8 Å². The van der Waals surface area contributed by atoms with Crippen molar-refractivity contribution in [1.29, 1.82) is 0 Å². The Balaban J connectivity index is 1.77. The normalized spacial score (nSPS) is 16.4. The van der Waals surface area contributed by atoms with E-state index in [9.17, 15) is 4.39 Å². The fourth-order valence-electron chi connectivity index (χ4n) is 2.59. The van der Waals surface area contributed by atoms with Crippen molar-refractivity contribution in [2.75, 3.05) is 31.2 Å². The van der Waals surface area contributed by atoms with Crippen LogP contribution in [-0.4, -0.2) is 31.1 Å². The number of nitrogen functional groups attached to an aromatic ring is 1. The van der Waals surface area contributed by atoms with Crippen molar-refractivity contribution >= 4 is 11.4 Å². The van der Waals surface area contributed by atoms with E-state index in [4.69, 9.17) is 5.73 Å². The summed E-state index contributed by atoms with van der Waals surface area (Å²) in [5, 5.41) is 3.26. The van der Waals surface area contributed by atoms with Gasteiger partial charge in [0.1, 0.15) is 5.82 Å². The number of hydrogen-bond acceptors (Lipinski definition) is 3. The summed E-state index contributed by atoms with van der Waals surface area (Å²) < 4.78 is 12.9. The lowest BCUT2D eigenvalue weighted by Gasteiger charge is -2.24. The van der Waals surface area contributed by atoms with Crippen LogP contribution in [0, 0.1) is 5.82 Å². The molecule has 1 aliphatic rings. The lowest BCUT2D eigenvalue weighted by molar-refractivity contribution is 0.254. The molecule has 1 aromatic carbocycles. The number of likely N-dealkylation sites (N-methyl/N-ethyl adjacent to an activating group) is 1. The second-order valence-electron chi connectivity index (χ2n) is 5.08. The smallest absolute Gasteiger partial charge is 0.125 e. The summed E-state index contributed by atoms with van der Waals surface area (Å²) in [5.41, 5.74) is 7.03. The Morgan fingerprint density at radius 1 is 1.39 bits per heavy atom. The zero-order chi connectivity index (χ0) is 13.0. The number of nitrogens with zero attached hydrogens (tertiary/aromatic N) is 1. The Bertz CT molecular complexity index is 389. The average Bonchev–Trinajstić information content (AvgIpc) is 2.85. The molecular formula is C14H22FN3. The number of nitrogens with one attached hydrogen (secondary N) is 1. The van der Waals surface area contributed by atoms with E-state index >= 15 is 0 Å². The molecule has 0 bridgehead atoms. The molecule has 1 aliphatic carbocycles. The van der Waals surface area contributed by atoms with Crippen LogP contribution in [0.3, 0.4) is 0 Å². The summed E-state index contributed by atoms with van der Waals surface area (Å²) in [6.07, 6.45) is 5.34. The molecule has 0 atom stereocenters. The third-order valence-electron chi connectivity index (χ3n) is 3.74. The molecule has 3 N–H and O–H groups in total. The van der Waals surface area contributed by atoms with Crippen molar-refractivity contribution in [3.8, 4) is 0 Å². The van der Waals surface area contributed by atoms with Crippen LogP contribution >= 0.6 is 0 Å². The van der Waals surface area contributed by atoms with E-state index in [0.717, 1.165) is 24.8 Å². The van der Waals surface area contributed by atoms with E-state index in [1.807, 2.05) is 0 Å². The molecule has 100 valence electrons. The van der Waals surface area contributed by atoms with Crippen molar-refractivity contribution < 1.29 is 4.39 Å². The van der Waals surface area contributed by atoms with E-state index in [1.54, 1.807) is 6.07 Å². The van der Waals surface area contributed by atoms with Crippen LogP contribution in [0.25, 0.3) is 0 Å². The number of nitrogens with two attached hydrogens (primary N) is 1. The molecule has 0 saturated heterocycles. The van der Waals surface area contributed by atoms with E-state index in [-0.39, 0.29) is 5.82 Å². The molecule has 0 amide bonds. The summed E-state index contributed by atoms with van der Waals surface area (Å²) in [5.74, 6) is -0.291. The molecule has 1 saturated carbocycles. The second kappa shape index (κ2) is 6.05. The van der Waals surface area contributed by atoms with Gasteiger partial charge in [0.15, 0.2) is 0 Å². The molecule has 1 fully saturated rings. The number of halogens is 1. The van der Waals surface area contributed by atoms with Crippen LogP contribution < -0.4 is 11.1 Å². The Morgan fingerprint density at radius 3 is 2.78 bits per heavy atom. The van der Waals surface area contributed by atoms with Crippen LogP contribution in [0.1, 0.15) is 25.7 Å². The van der Waals surface area contributed by atoms with Crippen LogP contribution in [0.15, 0.2) is 18.2 Å². The maximum Gasteiger partial charge on any atom is 0.125 e. The molecule has 2 rings (SSSR count). The standard InChI is InChI=1S/C14H22FN3/c1-18(12-4-2-3-5-12)9-8-17-14-7-6-11(15)10-13(14)16/h6-7,10,12,17H,2-5,8-9,16H2,1H3. The number of hydrogen-bond donors (Lipinski definition) is 2. The summed E-state index contributed by atoms with van der Waals surface area (Å²) in [6.45, 7) is 1.82. The van der Waals surface area contributed by atoms with Crippen molar-refractivity contribution in [3.05, 3.63) is 24.0 Å². The Hall–Kier alpha value is -1.29. The van der Waals surface area contributed by atoms with Gasteiger partial charge < -0.3 is 16.0 Å². The minimum absolute atomic E-state index is 0.291. The Kier molecular flexibility index (Phi) is 4.42. The molecule has 18 heavy (non-hydrogen) atoms. The van der Waals surface area contributed by atoms with Gasteiger partial charge in [-0.25, -0.2) is 4.39 Å². The molecule has 0 radical (unpaired) electrons. The van der Waals surface area contributed by atoms with Gasteiger partial charge in [-0.3, -0.25) is 0 Å². The summed E-state index contributed by atoms with van der Waals surface area (Å²) in [4.78, 5) is 2.40. The first-order valence-corrected chi connectivity index (χ1v) is 6.66. The van der Waals surface area contributed by atoms with E-state index in [2.05, 4.69) is 17.3 Å². The van der Waals surface area contributed by atoms with E-state index in [0.29, 0.717) is 5.69 Å². The summed E-state index contributed by atoms with van der Waals surface area (Å²) in [7, 11) is 2.17. The molecule has 0 heterocycles. The zero-order valence-electron chi connectivity index (χ0n) is 11.0. The third-order valence-corrected chi connectivity index (χ3v) is 3.74. The third kappa shape index (κ3) is 3.35. The van der Waals surface area contributed by atoms with Crippen molar-refractivity contribution in [2.24, 2.45) is 0 Å². The average molecular weight is 251 g/mol. The molecule has 0 aliphatic heterocycles. The minimum Gasteiger partial charge on any atom is -0.397 e. The maximum atomic E-state index is 12.9. The van der Waals surface area contributed by atoms with E-state index < -0.39 is 0 Å². The van der Waals surface area contributed by atoms with Crippen LogP contribution in [0.2, 0.25) is 0 Å². The summed E-state index contributed by atoms with van der Waals surface area (Å²) in [6, 6.07) is 5.21. The molecule has 0 unspecified atom stereocenters. The van der Waals surface area contributed by atoms with Crippen molar-refractivity contribution in [2.45, 2.75) is 31.7 Å². The van der Waals surface area contributed by atoms with E-state index in [1.165, 1.54) is 37.8 Å². The number of benzene rings is 1. The van der Waals surface area contributed by atoms with Gasteiger partial charge in [0.2, 0.25) is 0 Å². The minimum atomic E-state index is -0.291. The Labute approximate surface area is 108 Å². The predicted octanol–water partition coefficient (Wildman–Crippen LogP) is 2.69. The molecule has 4 heteroatoms. The molecule has 1 aromatic rings. The lowest BCUT2D eigenvalue weighted by Crippen LogP contribution is -2.33. The highest BCUT2D eigenvalue weighted by Gasteiger charge is 2.18. The van der Waals surface area contributed by atoms with Crippen molar-refractivity contribution in [3.63, 3.8) is 0 Å². The number of rotatable bonds is 5. The van der Waals surface area contributed by atoms with Gasteiger partial charge >= 0.3 is 0 Å². The largest absolute Gasteiger partial charge is 0.397 e. The van der Waals surface area contributed by atoms with Gasteiger partial charge in [-0.05, 0) is 38.1 Å². The number of anilines is 2. The lowest BCUT2D eigenvalue weighted by atomic mass is 10.2. The Morgan fingerprint density at radius 2 is 2.11 bits per heavy atom. The van der Waals surface area contributed by atoms with Crippen LogP contribution in [0.5, 0.6) is 0 Å². The highest BCUT2D eigenvalue weighted by atomic mass is 19.1. The fraction of sp³-hybridized carbons (Fsp3) is 0.571. The van der Waals surface area contributed by atoms with Gasteiger partial charge in [-0.15, -0.1) is 0 Å². The first-order chi connectivity index (χ1) is 8.66. The monoisotopic (exact) mass is 251 g/mol. The van der Waals surface area contributed by atoms with Crippen LogP contribution in [-0.2, 0) is 0 Å². The van der Waals surface area contributed by atoms with Gasteiger partial charge in [-0.2, -0.15) is 0 Å². The van der Waals surface area contributed by atoms with Gasteiger partial charge in [0, 0.05) is 19.1 Å². The highest BCUT2D eigenvalue weighted by molar-refractivity contribution is 5.65. The topological polar surface area (TPSA) is 41.3 Å². The highest BCUT2D eigenvalue weighted by Crippen LogP contribution is 2.22. The first kappa shape index (κ1) is 13.1. The zero-order valence-corrected chi connectivity index (χ0v) is 11.0. The summed E-state index contributed by atoms with van der Waals surface area (Å²) >= 11 is 0. The van der Waals surface area contributed by atoms with Crippen molar-refractivity contribution in [1.82, 2.24) is 4.90 Å². The molecule has 0 aromatic heterocycles. The predicted molar refractivity (Wildman–Crippen MR) is 74.2 cm³/mol. The SMILES string of the molecule is CN(CCNc1ccc(F)cc1N)C1CCCC1. The molecular weight excluding hydrogens is 229 g/mol.